The molecule has 2 aromatic carbocycles. The van der Waals surface area contributed by atoms with Crippen LogP contribution in [0.25, 0.3) is 22.6 Å². The number of nitro groups is 1. The third-order valence-electron chi connectivity index (χ3n) is 4.65. The summed E-state index contributed by atoms with van der Waals surface area (Å²) in [6.45, 7) is 4.31. The number of hydrogen-bond acceptors (Lipinski definition) is 3. The highest BCUT2D eigenvalue weighted by Crippen LogP contribution is 2.29. The summed E-state index contributed by atoms with van der Waals surface area (Å²) in [5, 5.41) is 21.5. The smallest absolute Gasteiger partial charge is 0.269 e. The van der Waals surface area contributed by atoms with Crippen LogP contribution in [0.5, 0.6) is 0 Å². The fourth-order valence-corrected chi connectivity index (χ4v) is 3.01. The summed E-state index contributed by atoms with van der Waals surface area (Å²) in [6.07, 6.45) is 4.93. The Hall–Kier alpha value is -3.39. The van der Waals surface area contributed by atoms with E-state index in [1.165, 1.54) is 12.1 Å². The third-order valence-corrected chi connectivity index (χ3v) is 4.65. The molecule has 0 unspecified atom stereocenters. The van der Waals surface area contributed by atoms with E-state index in [1.54, 1.807) is 12.1 Å². The van der Waals surface area contributed by atoms with E-state index < -0.39 is 4.92 Å². The number of benzene rings is 2. The average molecular weight is 345 g/mol. The van der Waals surface area contributed by atoms with Crippen LogP contribution in [0, 0.1) is 21.4 Å². The molecule has 0 fully saturated rings. The molecule has 3 rings (SSSR count). The summed E-state index contributed by atoms with van der Waals surface area (Å²) in [4.78, 5) is 10.4. The van der Waals surface area contributed by atoms with E-state index >= 15 is 0 Å². The molecule has 1 heterocycles. The molecule has 0 aliphatic rings. The Morgan fingerprint density at radius 3 is 2.58 bits per heavy atom. The minimum Gasteiger partial charge on any atom is -0.344 e. The molecule has 0 aliphatic carbocycles. The van der Waals surface area contributed by atoms with Gasteiger partial charge in [0.15, 0.2) is 0 Å². The van der Waals surface area contributed by atoms with E-state index in [2.05, 4.69) is 36.7 Å². The molecule has 0 N–H and O–H groups in total. The van der Waals surface area contributed by atoms with Gasteiger partial charge in [-0.15, -0.1) is 0 Å². The maximum Gasteiger partial charge on any atom is 0.269 e. The van der Waals surface area contributed by atoms with Gasteiger partial charge in [0.2, 0.25) is 0 Å². The first-order chi connectivity index (χ1) is 12.5. The van der Waals surface area contributed by atoms with Crippen molar-refractivity contribution in [3.63, 3.8) is 0 Å². The molecule has 26 heavy (non-hydrogen) atoms. The highest BCUT2D eigenvalue weighted by atomic mass is 16.6. The Morgan fingerprint density at radius 1 is 1.27 bits per heavy atom. The van der Waals surface area contributed by atoms with E-state index in [4.69, 9.17) is 0 Å². The average Bonchev–Trinajstić information content (AvgIpc) is 3.04. The monoisotopic (exact) mass is 345 g/mol. The summed E-state index contributed by atoms with van der Waals surface area (Å²) >= 11 is 0. The third kappa shape index (κ3) is 3.22. The number of nitriles is 1. The molecule has 0 aliphatic heterocycles. The van der Waals surface area contributed by atoms with Gasteiger partial charge in [0.25, 0.3) is 5.69 Å². The Kier molecular flexibility index (Phi) is 4.85. The van der Waals surface area contributed by atoms with Crippen molar-refractivity contribution in [1.82, 2.24) is 4.57 Å². The zero-order chi connectivity index (χ0) is 18.7. The molecule has 0 saturated heterocycles. The van der Waals surface area contributed by atoms with Gasteiger partial charge in [-0.2, -0.15) is 5.26 Å². The fraction of sp³-hybridized carbons (Fsp3) is 0.190. The van der Waals surface area contributed by atoms with Crippen molar-refractivity contribution in [2.24, 2.45) is 0 Å². The lowest BCUT2D eigenvalue weighted by Crippen LogP contribution is -2.01. The number of nitrogens with zero attached hydrogens (tertiary/aromatic N) is 3. The Bertz CT molecular complexity index is 1020. The van der Waals surface area contributed by atoms with E-state index in [0.29, 0.717) is 17.2 Å². The molecular formula is C21H19N3O2. The minimum absolute atomic E-state index is 0.0133. The fourth-order valence-electron chi connectivity index (χ4n) is 3.01. The second-order valence-electron chi connectivity index (χ2n) is 6.24. The number of fused-ring (bicyclic) bond motifs is 1. The zero-order valence-corrected chi connectivity index (χ0v) is 14.7. The van der Waals surface area contributed by atoms with E-state index in [-0.39, 0.29) is 5.69 Å². The molecular weight excluding hydrogens is 326 g/mol. The summed E-state index contributed by atoms with van der Waals surface area (Å²) in [5.74, 6) is 0. The maximum absolute atomic E-state index is 10.8. The summed E-state index contributed by atoms with van der Waals surface area (Å²) < 4.78 is 2.23. The van der Waals surface area contributed by atoms with Crippen LogP contribution in [0.15, 0.2) is 54.7 Å². The Morgan fingerprint density at radius 2 is 1.96 bits per heavy atom. The van der Waals surface area contributed by atoms with Gasteiger partial charge in [-0.1, -0.05) is 25.1 Å². The van der Waals surface area contributed by atoms with Crippen molar-refractivity contribution in [2.75, 3.05) is 0 Å². The van der Waals surface area contributed by atoms with Gasteiger partial charge in [-0.05, 0) is 43.2 Å². The van der Waals surface area contributed by atoms with E-state index in [1.807, 2.05) is 24.3 Å². The molecule has 0 radical (unpaired) electrons. The second-order valence-corrected chi connectivity index (χ2v) is 6.24. The SMILES string of the molecule is CC[C@@H](C)n1cc(/C=C(/C#N)c2ccc([N+](=O)[O-])cc2)c2ccccc21. The number of non-ortho nitro benzene ring substituents is 1. The van der Waals surface area contributed by atoms with Crippen molar-refractivity contribution in [3.05, 3.63) is 76.0 Å². The van der Waals surface area contributed by atoms with Gasteiger partial charge in [-0.3, -0.25) is 10.1 Å². The van der Waals surface area contributed by atoms with E-state index in [9.17, 15) is 15.4 Å². The second kappa shape index (κ2) is 7.24. The Balaban J connectivity index is 2.10. The predicted molar refractivity (Wildman–Crippen MR) is 104 cm³/mol. The van der Waals surface area contributed by atoms with Gasteiger partial charge in [0.1, 0.15) is 0 Å². The van der Waals surface area contributed by atoms with Crippen LogP contribution < -0.4 is 0 Å². The van der Waals surface area contributed by atoms with E-state index in [0.717, 1.165) is 22.9 Å². The quantitative estimate of drug-likeness (QED) is 0.344. The highest BCUT2D eigenvalue weighted by Gasteiger charge is 2.12. The van der Waals surface area contributed by atoms with Crippen LogP contribution in [-0.2, 0) is 0 Å². The van der Waals surface area contributed by atoms with Gasteiger partial charge in [-0.25, -0.2) is 0 Å². The zero-order valence-electron chi connectivity index (χ0n) is 14.7. The largest absolute Gasteiger partial charge is 0.344 e. The van der Waals surface area contributed by atoms with Crippen molar-refractivity contribution in [3.8, 4) is 6.07 Å². The summed E-state index contributed by atoms with van der Waals surface area (Å²) in [5.41, 5.74) is 3.26. The summed E-state index contributed by atoms with van der Waals surface area (Å²) in [6, 6.07) is 16.8. The van der Waals surface area contributed by atoms with Crippen LogP contribution in [-0.4, -0.2) is 9.49 Å². The molecule has 1 atom stereocenters. The van der Waals surface area contributed by atoms with Crippen molar-refractivity contribution in [1.29, 1.82) is 5.26 Å². The molecule has 5 heteroatoms. The van der Waals surface area contributed by atoms with Gasteiger partial charge in [0.05, 0.1) is 16.6 Å². The van der Waals surface area contributed by atoms with Crippen LogP contribution in [0.4, 0.5) is 5.69 Å². The van der Waals surface area contributed by atoms with Crippen LogP contribution >= 0.6 is 0 Å². The first-order valence-electron chi connectivity index (χ1n) is 8.51. The van der Waals surface area contributed by atoms with Crippen molar-refractivity contribution in [2.45, 2.75) is 26.3 Å². The Labute approximate surface area is 151 Å². The van der Waals surface area contributed by atoms with Crippen LogP contribution in [0.2, 0.25) is 0 Å². The number of nitro benzene ring substituents is 1. The maximum atomic E-state index is 10.8. The lowest BCUT2D eigenvalue weighted by molar-refractivity contribution is -0.384. The van der Waals surface area contributed by atoms with Gasteiger partial charge >= 0.3 is 0 Å². The lowest BCUT2D eigenvalue weighted by Gasteiger charge is -2.12. The molecule has 0 amide bonds. The number of aromatic nitrogens is 1. The first-order valence-corrected chi connectivity index (χ1v) is 8.51. The van der Waals surface area contributed by atoms with Gasteiger partial charge in [0, 0.05) is 40.8 Å². The molecule has 0 spiro atoms. The molecule has 1 aromatic heterocycles. The normalized spacial score (nSPS) is 12.7. The first kappa shape index (κ1) is 17.4. The molecule has 5 nitrogen and oxygen atoms in total. The topological polar surface area (TPSA) is 71.9 Å². The standard InChI is InChI=1S/C21H19N3O2/c1-3-15(2)23-14-18(20-6-4-5-7-21(20)23)12-17(13-22)16-8-10-19(11-9-16)24(25)26/h4-12,14-15H,3H2,1-2H3/b17-12-/t15-/m1/s1. The predicted octanol–water partition coefficient (Wildman–Crippen LogP) is 5.58. The number of allylic oxidation sites excluding steroid dienone is 1. The summed E-state index contributed by atoms with van der Waals surface area (Å²) in [7, 11) is 0. The van der Waals surface area contributed by atoms with Gasteiger partial charge < -0.3 is 4.57 Å². The number of hydrogen-bond donors (Lipinski definition) is 0. The molecule has 130 valence electrons. The van der Waals surface area contributed by atoms with Crippen LogP contribution in [0.3, 0.4) is 0 Å². The molecule has 3 aromatic rings. The minimum atomic E-state index is -0.445. The molecule has 0 bridgehead atoms. The molecule has 0 saturated carbocycles. The number of rotatable bonds is 5. The van der Waals surface area contributed by atoms with Crippen LogP contribution in [0.1, 0.15) is 37.4 Å². The highest BCUT2D eigenvalue weighted by molar-refractivity contribution is 5.98. The van der Waals surface area contributed by atoms with Crippen molar-refractivity contribution < 1.29 is 4.92 Å². The number of para-hydroxylation sites is 1. The van der Waals surface area contributed by atoms with Crippen molar-refractivity contribution >= 4 is 28.2 Å². The lowest BCUT2D eigenvalue weighted by atomic mass is 10.0.